The Morgan fingerprint density at radius 2 is 2.09 bits per heavy atom. The third-order valence-electron chi connectivity index (χ3n) is 5.70. The monoisotopic (exact) mass is 491 g/mol. The van der Waals surface area contributed by atoms with Gasteiger partial charge in [0.05, 0.1) is 17.3 Å². The zero-order valence-corrected chi connectivity index (χ0v) is 20.1. The number of halogens is 2. The van der Waals surface area contributed by atoms with Gasteiger partial charge >= 0.3 is 5.97 Å². The molecule has 3 heterocycles. The number of aromatic nitrogens is 4. The summed E-state index contributed by atoms with van der Waals surface area (Å²) in [5.41, 5.74) is 2.93. The van der Waals surface area contributed by atoms with E-state index in [9.17, 15) is 4.79 Å². The molecule has 0 spiro atoms. The van der Waals surface area contributed by atoms with Crippen molar-refractivity contribution in [1.29, 1.82) is 0 Å². The molecule has 4 rings (SSSR count). The third-order valence-corrected chi connectivity index (χ3v) is 7.27. The van der Waals surface area contributed by atoms with Crippen LogP contribution in [0.15, 0.2) is 24.4 Å². The molecule has 0 atom stereocenters. The Bertz CT molecular complexity index is 1130. The van der Waals surface area contributed by atoms with Crippen molar-refractivity contribution in [2.24, 2.45) is 0 Å². The number of hydrogen-bond acceptors (Lipinski definition) is 8. The van der Waals surface area contributed by atoms with E-state index < -0.39 is 5.97 Å². The Morgan fingerprint density at radius 3 is 2.75 bits per heavy atom. The van der Waals surface area contributed by atoms with E-state index in [0.717, 1.165) is 36.3 Å². The van der Waals surface area contributed by atoms with Gasteiger partial charge in [0, 0.05) is 18.2 Å². The summed E-state index contributed by atoms with van der Waals surface area (Å²) in [5, 5.41) is 12.8. The number of carbonyl (C=O) groups excluding carboxylic acids is 1. The number of nitrogens with zero attached hydrogens (tertiary/aromatic N) is 4. The zero-order chi connectivity index (χ0) is 22.7. The molecule has 3 aromatic heterocycles. The molecule has 10 heteroatoms. The molecular weight excluding hydrogens is 469 g/mol. The SMILES string of the molecule is CCOC(=O)c1nc(-c2cc(Cl)c(NCC3(c4ncccc4CC)CCC3)nn2)sc1Cl. The Balaban J connectivity index is 1.52. The van der Waals surface area contributed by atoms with Crippen LogP contribution in [-0.4, -0.2) is 39.3 Å². The highest BCUT2D eigenvalue weighted by Crippen LogP contribution is 2.44. The molecule has 0 radical (unpaired) electrons. The highest BCUT2D eigenvalue weighted by atomic mass is 35.5. The smallest absolute Gasteiger partial charge is 0.359 e. The van der Waals surface area contributed by atoms with Crippen molar-refractivity contribution in [2.75, 3.05) is 18.5 Å². The van der Waals surface area contributed by atoms with Crippen LogP contribution in [0.3, 0.4) is 0 Å². The molecule has 0 aliphatic heterocycles. The minimum absolute atomic E-state index is 0.0202. The van der Waals surface area contributed by atoms with Gasteiger partial charge in [-0.3, -0.25) is 4.98 Å². The highest BCUT2D eigenvalue weighted by Gasteiger charge is 2.41. The molecule has 1 saturated carbocycles. The van der Waals surface area contributed by atoms with Crippen LogP contribution < -0.4 is 5.32 Å². The van der Waals surface area contributed by atoms with Crippen molar-refractivity contribution in [3.05, 3.63) is 50.7 Å². The second-order valence-corrected chi connectivity index (χ2v) is 9.65. The first-order valence-corrected chi connectivity index (χ1v) is 12.1. The molecule has 0 bridgehead atoms. The number of carbonyl (C=O) groups is 1. The Morgan fingerprint density at radius 1 is 1.28 bits per heavy atom. The topological polar surface area (TPSA) is 89.9 Å². The molecule has 1 aliphatic rings. The molecule has 7 nitrogen and oxygen atoms in total. The first-order chi connectivity index (χ1) is 15.5. The number of esters is 1. The Labute approximate surface area is 200 Å². The lowest BCUT2D eigenvalue weighted by atomic mass is 9.65. The van der Waals surface area contributed by atoms with Crippen LogP contribution in [0.1, 0.15) is 54.9 Å². The van der Waals surface area contributed by atoms with Crippen LogP contribution in [0.5, 0.6) is 0 Å². The Hall–Kier alpha value is -2.29. The molecule has 1 fully saturated rings. The van der Waals surface area contributed by atoms with Crippen LogP contribution in [0.2, 0.25) is 9.36 Å². The number of anilines is 1. The van der Waals surface area contributed by atoms with Gasteiger partial charge < -0.3 is 10.1 Å². The molecule has 3 aromatic rings. The third kappa shape index (κ3) is 4.44. The van der Waals surface area contributed by atoms with Crippen molar-refractivity contribution < 1.29 is 9.53 Å². The lowest BCUT2D eigenvalue weighted by Gasteiger charge is -2.42. The van der Waals surface area contributed by atoms with Crippen molar-refractivity contribution in [3.8, 4) is 10.7 Å². The predicted octanol–water partition coefficient (Wildman–Crippen LogP) is 5.57. The maximum absolute atomic E-state index is 12.0. The van der Waals surface area contributed by atoms with E-state index in [2.05, 4.69) is 33.5 Å². The summed E-state index contributed by atoms with van der Waals surface area (Å²) in [7, 11) is 0. The number of thiazole rings is 1. The van der Waals surface area contributed by atoms with Crippen LogP contribution >= 0.6 is 34.5 Å². The minimum atomic E-state index is -0.566. The summed E-state index contributed by atoms with van der Waals surface area (Å²) in [6, 6.07) is 5.81. The van der Waals surface area contributed by atoms with Crippen molar-refractivity contribution in [2.45, 2.75) is 44.9 Å². The number of pyridine rings is 1. The van der Waals surface area contributed by atoms with Gasteiger partial charge in [-0.2, -0.15) is 0 Å². The van der Waals surface area contributed by atoms with E-state index in [-0.39, 0.29) is 22.1 Å². The van der Waals surface area contributed by atoms with Crippen molar-refractivity contribution in [1.82, 2.24) is 20.2 Å². The van der Waals surface area contributed by atoms with Crippen LogP contribution in [0, 0.1) is 0 Å². The maximum Gasteiger partial charge on any atom is 0.359 e. The van der Waals surface area contributed by atoms with Crippen molar-refractivity contribution >= 4 is 46.3 Å². The Kier molecular flexibility index (Phi) is 6.93. The fourth-order valence-corrected chi connectivity index (χ4v) is 5.17. The number of ether oxygens (including phenoxy) is 1. The second-order valence-electron chi connectivity index (χ2n) is 7.64. The average Bonchev–Trinajstić information content (AvgIpc) is 3.16. The normalized spacial score (nSPS) is 14.6. The van der Waals surface area contributed by atoms with E-state index in [0.29, 0.717) is 28.1 Å². The van der Waals surface area contributed by atoms with Crippen molar-refractivity contribution in [3.63, 3.8) is 0 Å². The highest BCUT2D eigenvalue weighted by molar-refractivity contribution is 7.19. The summed E-state index contributed by atoms with van der Waals surface area (Å²) in [6.07, 6.45) is 6.13. The molecule has 0 saturated heterocycles. The van der Waals surface area contributed by atoms with E-state index in [1.165, 1.54) is 12.0 Å². The summed E-state index contributed by atoms with van der Waals surface area (Å²) in [5.74, 6) is -0.0620. The van der Waals surface area contributed by atoms with E-state index in [1.807, 2.05) is 12.3 Å². The first kappa shape index (κ1) is 22.9. The van der Waals surface area contributed by atoms with Gasteiger partial charge in [-0.05, 0) is 43.9 Å². The summed E-state index contributed by atoms with van der Waals surface area (Å²) in [6.45, 7) is 4.80. The molecule has 168 valence electrons. The van der Waals surface area contributed by atoms with Gasteiger partial charge in [0.1, 0.15) is 15.0 Å². The predicted molar refractivity (Wildman–Crippen MR) is 127 cm³/mol. The minimum Gasteiger partial charge on any atom is -0.461 e. The molecule has 0 unspecified atom stereocenters. The summed E-state index contributed by atoms with van der Waals surface area (Å²) in [4.78, 5) is 20.9. The molecule has 1 N–H and O–H groups in total. The van der Waals surface area contributed by atoms with Gasteiger partial charge in [0.15, 0.2) is 11.5 Å². The molecular formula is C22H23Cl2N5O2S. The van der Waals surface area contributed by atoms with E-state index in [1.54, 1.807) is 13.0 Å². The number of nitrogens with one attached hydrogen (secondary N) is 1. The fraction of sp³-hybridized carbons (Fsp3) is 0.409. The quantitative estimate of drug-likeness (QED) is 0.411. The standard InChI is InChI=1S/C22H23Cl2N5O2S/c1-3-13-7-5-10-25-17(13)22(8-6-9-22)12-26-19-14(23)11-15(28-29-19)20-27-16(18(24)32-20)21(30)31-4-2/h5,7,10-11H,3-4,6,8-9,12H2,1-2H3,(H,26,29). The molecule has 0 aromatic carbocycles. The maximum atomic E-state index is 12.0. The summed E-state index contributed by atoms with van der Waals surface area (Å²) >= 11 is 13.8. The lowest BCUT2D eigenvalue weighted by molar-refractivity contribution is 0.0520. The summed E-state index contributed by atoms with van der Waals surface area (Å²) < 4.78 is 5.22. The van der Waals surface area contributed by atoms with Gasteiger partial charge in [-0.15, -0.1) is 10.2 Å². The molecule has 1 aliphatic carbocycles. The zero-order valence-electron chi connectivity index (χ0n) is 17.8. The number of hydrogen-bond donors (Lipinski definition) is 1. The lowest BCUT2D eigenvalue weighted by Crippen LogP contribution is -2.42. The average molecular weight is 492 g/mol. The van der Waals surface area contributed by atoms with E-state index >= 15 is 0 Å². The van der Waals surface area contributed by atoms with Gasteiger partial charge in [-0.1, -0.05) is 53.9 Å². The van der Waals surface area contributed by atoms with Gasteiger partial charge in [0.25, 0.3) is 0 Å². The van der Waals surface area contributed by atoms with Crippen LogP contribution in [-0.2, 0) is 16.6 Å². The number of aryl methyl sites for hydroxylation is 1. The largest absolute Gasteiger partial charge is 0.461 e. The first-order valence-electron chi connectivity index (χ1n) is 10.5. The van der Waals surface area contributed by atoms with Gasteiger partial charge in [0.2, 0.25) is 0 Å². The fourth-order valence-electron chi connectivity index (χ4n) is 3.88. The molecule has 32 heavy (non-hydrogen) atoms. The second kappa shape index (κ2) is 9.68. The van der Waals surface area contributed by atoms with E-state index in [4.69, 9.17) is 32.9 Å². The van der Waals surface area contributed by atoms with Crippen LogP contribution in [0.4, 0.5) is 5.82 Å². The molecule has 0 amide bonds. The number of rotatable bonds is 8. The van der Waals surface area contributed by atoms with Crippen LogP contribution in [0.25, 0.3) is 10.7 Å². The van der Waals surface area contributed by atoms with Gasteiger partial charge in [-0.25, -0.2) is 9.78 Å².